The lowest BCUT2D eigenvalue weighted by molar-refractivity contribution is -0.119. The Morgan fingerprint density at radius 2 is 2.00 bits per heavy atom. The first-order valence-corrected chi connectivity index (χ1v) is 6.76. The fourth-order valence-electron chi connectivity index (χ4n) is 1.35. The number of benzene rings is 1. The van der Waals surface area contributed by atoms with Gasteiger partial charge in [-0.1, -0.05) is 6.92 Å². The standard InChI is InChI=1S/C11H13F2NO3S/c1-3-10(15)7(2)14-18(16,17)11-6-8(12)4-5-9(11)13/h4-7,14H,3H2,1-2H3. The molecule has 1 N–H and O–H groups in total. The number of carbonyl (C=O) groups is 1. The molecule has 0 aromatic heterocycles. The van der Waals surface area contributed by atoms with E-state index in [9.17, 15) is 22.0 Å². The summed E-state index contributed by atoms with van der Waals surface area (Å²) in [5.74, 6) is -2.28. The maximum absolute atomic E-state index is 13.3. The number of ketones is 1. The zero-order valence-corrected chi connectivity index (χ0v) is 10.7. The smallest absolute Gasteiger partial charge is 0.244 e. The highest BCUT2D eigenvalue weighted by Crippen LogP contribution is 2.16. The molecule has 4 nitrogen and oxygen atoms in total. The summed E-state index contributed by atoms with van der Waals surface area (Å²) in [4.78, 5) is 10.5. The van der Waals surface area contributed by atoms with Gasteiger partial charge >= 0.3 is 0 Å². The average Bonchev–Trinajstić information content (AvgIpc) is 2.30. The van der Waals surface area contributed by atoms with Crippen molar-refractivity contribution in [2.75, 3.05) is 0 Å². The van der Waals surface area contributed by atoms with Gasteiger partial charge < -0.3 is 0 Å². The third-order valence-electron chi connectivity index (χ3n) is 2.35. The Bertz CT molecular complexity index is 557. The predicted molar refractivity (Wildman–Crippen MR) is 61.4 cm³/mol. The summed E-state index contributed by atoms with van der Waals surface area (Å²) in [6.07, 6.45) is 0.148. The maximum Gasteiger partial charge on any atom is 0.244 e. The van der Waals surface area contributed by atoms with Crippen LogP contribution in [0.3, 0.4) is 0 Å². The summed E-state index contributed by atoms with van der Waals surface area (Å²) >= 11 is 0. The van der Waals surface area contributed by atoms with E-state index in [0.29, 0.717) is 6.07 Å². The molecule has 0 saturated carbocycles. The normalized spacial score (nSPS) is 13.3. The first-order valence-electron chi connectivity index (χ1n) is 5.28. The lowest BCUT2D eigenvalue weighted by atomic mass is 10.2. The monoisotopic (exact) mass is 277 g/mol. The number of nitrogens with one attached hydrogen (secondary N) is 1. The lowest BCUT2D eigenvalue weighted by Crippen LogP contribution is -2.38. The topological polar surface area (TPSA) is 63.2 Å². The molecule has 0 radical (unpaired) electrons. The van der Waals surface area contributed by atoms with Crippen LogP contribution in [0.5, 0.6) is 0 Å². The van der Waals surface area contributed by atoms with Gasteiger partial charge in [0, 0.05) is 6.42 Å². The Balaban J connectivity index is 3.07. The van der Waals surface area contributed by atoms with Crippen LogP contribution in [0.4, 0.5) is 8.78 Å². The molecule has 0 amide bonds. The van der Waals surface area contributed by atoms with Crippen LogP contribution in [0, 0.1) is 11.6 Å². The summed E-state index contributed by atoms with van der Waals surface area (Å²) in [7, 11) is -4.25. The molecule has 0 spiro atoms. The highest BCUT2D eigenvalue weighted by molar-refractivity contribution is 7.89. The number of halogens is 2. The Labute approximate surface area is 104 Å². The molecule has 0 aliphatic heterocycles. The molecule has 100 valence electrons. The molecular formula is C11H13F2NO3S. The zero-order valence-electron chi connectivity index (χ0n) is 9.91. The van der Waals surface area contributed by atoms with Crippen molar-refractivity contribution in [3.05, 3.63) is 29.8 Å². The molecule has 1 aromatic carbocycles. The fraction of sp³-hybridized carbons (Fsp3) is 0.364. The highest BCUT2D eigenvalue weighted by atomic mass is 32.2. The van der Waals surface area contributed by atoms with E-state index in [0.717, 1.165) is 12.1 Å². The number of carbonyl (C=O) groups excluding carboxylic acids is 1. The first-order chi connectivity index (χ1) is 8.27. The molecule has 0 aliphatic rings. The third-order valence-corrected chi connectivity index (χ3v) is 3.90. The van der Waals surface area contributed by atoms with E-state index in [1.54, 1.807) is 6.92 Å². The van der Waals surface area contributed by atoms with Gasteiger partial charge in [-0.15, -0.1) is 0 Å². The van der Waals surface area contributed by atoms with Crippen LogP contribution < -0.4 is 4.72 Å². The van der Waals surface area contributed by atoms with Crippen molar-refractivity contribution in [2.24, 2.45) is 0 Å². The Kier molecular flexibility index (Phi) is 4.53. The van der Waals surface area contributed by atoms with E-state index in [4.69, 9.17) is 0 Å². The number of rotatable bonds is 5. The van der Waals surface area contributed by atoms with Gasteiger partial charge in [-0.3, -0.25) is 4.79 Å². The van der Waals surface area contributed by atoms with Gasteiger partial charge in [-0.25, -0.2) is 21.9 Å². The van der Waals surface area contributed by atoms with Crippen LogP contribution in [0.2, 0.25) is 0 Å². The third kappa shape index (κ3) is 3.33. The summed E-state index contributed by atoms with van der Waals surface area (Å²) < 4.78 is 51.8. The molecule has 0 heterocycles. The van der Waals surface area contributed by atoms with E-state index in [1.807, 2.05) is 4.72 Å². The zero-order chi connectivity index (χ0) is 13.9. The van der Waals surface area contributed by atoms with Crippen molar-refractivity contribution < 1.29 is 22.0 Å². The van der Waals surface area contributed by atoms with Crippen LogP contribution in [0.15, 0.2) is 23.1 Å². The van der Waals surface area contributed by atoms with Gasteiger partial charge in [-0.2, -0.15) is 0 Å². The molecule has 7 heteroatoms. The molecule has 1 aromatic rings. The van der Waals surface area contributed by atoms with E-state index in [2.05, 4.69) is 0 Å². The number of Topliss-reactive ketones (excluding diaryl/α,β-unsaturated/α-hetero) is 1. The lowest BCUT2D eigenvalue weighted by Gasteiger charge is -2.12. The second-order valence-electron chi connectivity index (χ2n) is 3.74. The van der Waals surface area contributed by atoms with Gasteiger partial charge in [0.1, 0.15) is 22.3 Å². The molecule has 0 aliphatic carbocycles. The number of sulfonamides is 1. The van der Waals surface area contributed by atoms with E-state index in [1.165, 1.54) is 6.92 Å². The minimum atomic E-state index is -4.25. The van der Waals surface area contributed by atoms with Crippen LogP contribution in [-0.2, 0) is 14.8 Å². The van der Waals surface area contributed by atoms with Gasteiger partial charge in [0.2, 0.25) is 10.0 Å². The molecule has 0 bridgehead atoms. The minimum absolute atomic E-state index is 0.148. The van der Waals surface area contributed by atoms with Crippen molar-refractivity contribution in [3.63, 3.8) is 0 Å². The fourth-order valence-corrected chi connectivity index (χ4v) is 2.67. The van der Waals surface area contributed by atoms with Crippen LogP contribution in [0.25, 0.3) is 0 Å². The predicted octanol–water partition coefficient (Wildman–Crippen LogP) is 1.61. The highest BCUT2D eigenvalue weighted by Gasteiger charge is 2.24. The maximum atomic E-state index is 13.3. The van der Waals surface area contributed by atoms with Crippen molar-refractivity contribution in [2.45, 2.75) is 31.2 Å². The van der Waals surface area contributed by atoms with Crippen LogP contribution in [-0.4, -0.2) is 20.2 Å². The van der Waals surface area contributed by atoms with Crippen LogP contribution in [0.1, 0.15) is 20.3 Å². The molecule has 18 heavy (non-hydrogen) atoms. The molecular weight excluding hydrogens is 264 g/mol. The van der Waals surface area contributed by atoms with Crippen molar-refractivity contribution >= 4 is 15.8 Å². The summed E-state index contributed by atoms with van der Waals surface area (Å²) in [6.45, 7) is 2.93. The number of hydrogen-bond donors (Lipinski definition) is 1. The largest absolute Gasteiger partial charge is 0.298 e. The van der Waals surface area contributed by atoms with Crippen molar-refractivity contribution in [3.8, 4) is 0 Å². The molecule has 1 rings (SSSR count). The summed E-state index contributed by atoms with van der Waals surface area (Å²) in [6, 6.07) is 1.12. The molecule has 1 atom stereocenters. The SMILES string of the molecule is CCC(=O)C(C)NS(=O)(=O)c1cc(F)ccc1F. The molecule has 0 fully saturated rings. The van der Waals surface area contributed by atoms with Gasteiger partial charge in [0.25, 0.3) is 0 Å². The van der Waals surface area contributed by atoms with Crippen LogP contribution >= 0.6 is 0 Å². The molecule has 1 unspecified atom stereocenters. The van der Waals surface area contributed by atoms with Crippen molar-refractivity contribution in [1.29, 1.82) is 0 Å². The van der Waals surface area contributed by atoms with Gasteiger partial charge in [0.05, 0.1) is 6.04 Å². The van der Waals surface area contributed by atoms with Gasteiger partial charge in [-0.05, 0) is 25.1 Å². The second-order valence-corrected chi connectivity index (χ2v) is 5.42. The first kappa shape index (κ1) is 14.7. The minimum Gasteiger partial charge on any atom is -0.298 e. The quantitative estimate of drug-likeness (QED) is 0.889. The van der Waals surface area contributed by atoms with E-state index >= 15 is 0 Å². The Morgan fingerprint density at radius 1 is 1.39 bits per heavy atom. The Morgan fingerprint density at radius 3 is 2.56 bits per heavy atom. The van der Waals surface area contributed by atoms with Gasteiger partial charge in [0.15, 0.2) is 0 Å². The number of hydrogen-bond acceptors (Lipinski definition) is 3. The second kappa shape index (κ2) is 5.53. The van der Waals surface area contributed by atoms with E-state index in [-0.39, 0.29) is 12.2 Å². The summed E-state index contributed by atoms with van der Waals surface area (Å²) in [5.41, 5.74) is 0. The molecule has 0 saturated heterocycles. The summed E-state index contributed by atoms with van der Waals surface area (Å²) in [5, 5.41) is 0. The Hall–Kier alpha value is -1.34. The van der Waals surface area contributed by atoms with Crippen molar-refractivity contribution in [1.82, 2.24) is 4.72 Å². The average molecular weight is 277 g/mol. The van der Waals surface area contributed by atoms with E-state index < -0.39 is 32.6 Å².